The lowest BCUT2D eigenvalue weighted by atomic mass is 9.73. The maximum absolute atomic E-state index is 14.1. The Hall–Kier alpha value is -3.09. The van der Waals surface area contributed by atoms with Crippen LogP contribution in [0.5, 0.6) is 0 Å². The molecule has 0 bridgehead atoms. The van der Waals surface area contributed by atoms with Gasteiger partial charge in [0, 0.05) is 22.6 Å². The molecule has 2 aliphatic heterocycles. The number of hydrogen-bond acceptors (Lipinski definition) is 4. The molecule has 1 saturated heterocycles. The summed E-state index contributed by atoms with van der Waals surface area (Å²) in [6.07, 6.45) is 5.29. The minimum atomic E-state index is -0.485. The third-order valence-electron chi connectivity index (χ3n) is 7.34. The van der Waals surface area contributed by atoms with Crippen molar-refractivity contribution in [2.45, 2.75) is 31.7 Å². The van der Waals surface area contributed by atoms with Gasteiger partial charge in [0.05, 0.1) is 34.2 Å². The summed E-state index contributed by atoms with van der Waals surface area (Å²) in [4.78, 5) is 27.7. The number of fused-ring (bicyclic) bond motifs is 3. The number of amides is 1. The zero-order valence-electron chi connectivity index (χ0n) is 19.0. The number of rotatable bonds is 3. The number of pyridine rings is 2. The first-order valence-electron chi connectivity index (χ1n) is 11.7. The lowest BCUT2D eigenvalue weighted by Gasteiger charge is -2.38. The first kappa shape index (κ1) is 21.4. The van der Waals surface area contributed by atoms with Crippen LogP contribution in [-0.2, 0) is 16.8 Å². The molecule has 0 atom stereocenters. The molecular formula is C28H25BrN4O. The predicted molar refractivity (Wildman–Crippen MR) is 138 cm³/mol. The van der Waals surface area contributed by atoms with E-state index in [2.05, 4.69) is 68.1 Å². The van der Waals surface area contributed by atoms with Crippen LogP contribution in [0.3, 0.4) is 0 Å². The lowest BCUT2D eigenvalue weighted by molar-refractivity contribution is -0.124. The lowest BCUT2D eigenvalue weighted by Crippen LogP contribution is -2.47. The topological polar surface area (TPSA) is 49.3 Å². The number of para-hydroxylation sites is 2. The monoisotopic (exact) mass is 512 g/mol. The smallest absolute Gasteiger partial charge is 0.242 e. The zero-order chi connectivity index (χ0) is 23.3. The van der Waals surface area contributed by atoms with E-state index in [1.165, 1.54) is 5.56 Å². The number of aryl methyl sites for hydroxylation is 1. The number of benzene rings is 2. The summed E-state index contributed by atoms with van der Waals surface area (Å²) in [5.74, 6) is 0.170. The van der Waals surface area contributed by atoms with Gasteiger partial charge in [-0.2, -0.15) is 0 Å². The maximum Gasteiger partial charge on any atom is 0.242 e. The Morgan fingerprint density at radius 3 is 2.56 bits per heavy atom. The average molecular weight is 513 g/mol. The van der Waals surface area contributed by atoms with Gasteiger partial charge in [0.1, 0.15) is 0 Å². The summed E-state index contributed by atoms with van der Waals surface area (Å²) in [5, 5.41) is 1.04. The van der Waals surface area contributed by atoms with Crippen LogP contribution >= 0.6 is 15.9 Å². The number of likely N-dealkylation sites (tertiary alicyclic amines) is 1. The van der Waals surface area contributed by atoms with Crippen LogP contribution in [0.2, 0.25) is 0 Å². The molecule has 0 saturated carbocycles. The van der Waals surface area contributed by atoms with E-state index in [0.717, 1.165) is 70.5 Å². The van der Waals surface area contributed by atoms with Crippen molar-refractivity contribution in [3.05, 3.63) is 94.4 Å². The molecule has 1 fully saturated rings. The maximum atomic E-state index is 14.1. The molecule has 4 heterocycles. The van der Waals surface area contributed by atoms with E-state index in [4.69, 9.17) is 0 Å². The summed E-state index contributed by atoms with van der Waals surface area (Å²) in [7, 11) is 0. The van der Waals surface area contributed by atoms with E-state index in [1.54, 1.807) is 0 Å². The standard InChI is InChI=1S/C28H25BrN4O/c1-19-14-21(29)16-30-25(19)18-32-12-10-28(11-13-32)23-7-3-5-9-26(23)33(27(28)34)22-15-20-6-2-4-8-24(20)31-17-22/h2-9,14-17H,10-13,18H2,1H3. The molecule has 0 N–H and O–H groups in total. The molecule has 1 amide bonds. The molecule has 0 aliphatic carbocycles. The highest BCUT2D eigenvalue weighted by Crippen LogP contribution is 2.50. The van der Waals surface area contributed by atoms with Crippen molar-refractivity contribution in [1.82, 2.24) is 14.9 Å². The van der Waals surface area contributed by atoms with Crippen molar-refractivity contribution in [2.24, 2.45) is 0 Å². The molecule has 1 spiro atoms. The summed E-state index contributed by atoms with van der Waals surface area (Å²) in [6, 6.07) is 20.5. The summed E-state index contributed by atoms with van der Waals surface area (Å²) in [6.45, 7) is 4.64. The van der Waals surface area contributed by atoms with Crippen LogP contribution in [-0.4, -0.2) is 33.9 Å². The Bertz CT molecular complexity index is 1410. The number of aromatic nitrogens is 2. The Balaban J connectivity index is 1.30. The minimum absolute atomic E-state index is 0.170. The molecule has 5 nitrogen and oxygen atoms in total. The summed E-state index contributed by atoms with van der Waals surface area (Å²) in [5.41, 5.74) is 5.71. The summed E-state index contributed by atoms with van der Waals surface area (Å²) >= 11 is 3.50. The molecule has 6 heteroatoms. The van der Waals surface area contributed by atoms with E-state index >= 15 is 0 Å². The Kier molecular flexibility index (Phi) is 5.23. The van der Waals surface area contributed by atoms with Gasteiger partial charge < -0.3 is 0 Å². The van der Waals surface area contributed by atoms with Crippen LogP contribution in [0.25, 0.3) is 10.9 Å². The van der Waals surface area contributed by atoms with Crippen molar-refractivity contribution in [2.75, 3.05) is 18.0 Å². The first-order valence-corrected chi connectivity index (χ1v) is 12.5. The fourth-order valence-electron chi connectivity index (χ4n) is 5.47. The van der Waals surface area contributed by atoms with Crippen LogP contribution in [0.1, 0.15) is 29.7 Å². The zero-order valence-corrected chi connectivity index (χ0v) is 20.6. The molecule has 4 aromatic rings. The van der Waals surface area contributed by atoms with Crippen molar-refractivity contribution in [1.29, 1.82) is 0 Å². The molecule has 0 unspecified atom stereocenters. The predicted octanol–water partition coefficient (Wildman–Crippen LogP) is 5.91. The average Bonchev–Trinajstić information content (AvgIpc) is 3.09. The Morgan fingerprint density at radius 1 is 0.971 bits per heavy atom. The van der Waals surface area contributed by atoms with E-state index in [0.29, 0.717) is 0 Å². The Morgan fingerprint density at radius 2 is 1.74 bits per heavy atom. The van der Waals surface area contributed by atoms with Gasteiger partial charge in [-0.05, 0) is 84.2 Å². The van der Waals surface area contributed by atoms with Gasteiger partial charge >= 0.3 is 0 Å². The second-order valence-electron chi connectivity index (χ2n) is 9.32. The highest BCUT2D eigenvalue weighted by Gasteiger charge is 2.52. The van der Waals surface area contributed by atoms with Gasteiger partial charge in [0.2, 0.25) is 5.91 Å². The quantitative estimate of drug-likeness (QED) is 0.342. The van der Waals surface area contributed by atoms with Crippen LogP contribution < -0.4 is 4.90 Å². The minimum Gasteiger partial charge on any atom is -0.297 e. The second kappa shape index (κ2) is 8.29. The van der Waals surface area contributed by atoms with Crippen LogP contribution in [0, 0.1) is 6.92 Å². The largest absolute Gasteiger partial charge is 0.297 e. The van der Waals surface area contributed by atoms with Gasteiger partial charge in [0.25, 0.3) is 0 Å². The number of anilines is 2. The third-order valence-corrected chi connectivity index (χ3v) is 7.78. The van der Waals surface area contributed by atoms with Gasteiger partial charge in [-0.3, -0.25) is 24.6 Å². The first-order chi connectivity index (χ1) is 16.5. The van der Waals surface area contributed by atoms with Crippen LogP contribution in [0.4, 0.5) is 11.4 Å². The number of nitrogens with zero attached hydrogens (tertiary/aromatic N) is 4. The fraction of sp³-hybridized carbons (Fsp3) is 0.250. The highest BCUT2D eigenvalue weighted by molar-refractivity contribution is 9.10. The molecule has 2 aromatic carbocycles. The molecule has 0 radical (unpaired) electrons. The van der Waals surface area contributed by atoms with Crippen LogP contribution in [0.15, 0.2) is 77.5 Å². The van der Waals surface area contributed by atoms with Crippen molar-refractivity contribution in [3.63, 3.8) is 0 Å². The van der Waals surface area contributed by atoms with E-state index in [1.807, 2.05) is 47.6 Å². The van der Waals surface area contributed by atoms with E-state index in [9.17, 15) is 4.79 Å². The second-order valence-corrected chi connectivity index (χ2v) is 10.2. The van der Waals surface area contributed by atoms with E-state index in [-0.39, 0.29) is 5.91 Å². The number of halogens is 1. The van der Waals surface area contributed by atoms with E-state index < -0.39 is 5.41 Å². The van der Waals surface area contributed by atoms with Gasteiger partial charge in [0.15, 0.2) is 0 Å². The summed E-state index contributed by atoms with van der Waals surface area (Å²) < 4.78 is 1.00. The molecule has 170 valence electrons. The molecular weight excluding hydrogens is 488 g/mol. The number of carbonyl (C=O) groups is 1. The van der Waals surface area contributed by atoms with Crippen molar-refractivity contribution in [3.8, 4) is 0 Å². The Labute approximate surface area is 207 Å². The molecule has 34 heavy (non-hydrogen) atoms. The third kappa shape index (κ3) is 3.44. The number of piperidine rings is 1. The highest BCUT2D eigenvalue weighted by atomic mass is 79.9. The normalized spacial score (nSPS) is 17.5. The fourth-order valence-corrected chi connectivity index (χ4v) is 5.92. The SMILES string of the molecule is Cc1cc(Br)cnc1CN1CCC2(CC1)C(=O)N(c1cnc3ccccc3c1)c1ccccc12. The number of hydrogen-bond donors (Lipinski definition) is 0. The van der Waals surface area contributed by atoms with Crippen molar-refractivity contribution < 1.29 is 4.79 Å². The van der Waals surface area contributed by atoms with Gasteiger partial charge in [-0.15, -0.1) is 0 Å². The molecule has 2 aliphatic rings. The van der Waals surface area contributed by atoms with Crippen molar-refractivity contribution >= 4 is 44.1 Å². The number of carbonyl (C=O) groups excluding carboxylic acids is 1. The molecule has 2 aromatic heterocycles. The van der Waals surface area contributed by atoms with Gasteiger partial charge in [-0.25, -0.2) is 0 Å². The van der Waals surface area contributed by atoms with Gasteiger partial charge in [-0.1, -0.05) is 36.4 Å². The molecule has 6 rings (SSSR count).